The molecule has 1 heterocycles. The molecule has 1 aromatic heterocycles. The van der Waals surface area contributed by atoms with E-state index in [2.05, 4.69) is 25.2 Å². The molecule has 13 heteroatoms. The minimum Gasteiger partial charge on any atom is -0.483 e. The Morgan fingerprint density at radius 3 is 2.44 bits per heavy atom. The fraction of sp³-hybridized carbons (Fsp3) is 0.143. The van der Waals surface area contributed by atoms with Gasteiger partial charge >= 0.3 is 12.4 Å². The maximum atomic E-state index is 13.1. The molecule has 3 aromatic rings. The molecular formula is C21H13F6N5O2. The highest BCUT2D eigenvalue weighted by atomic mass is 19.4. The highest BCUT2D eigenvalue weighted by Gasteiger charge is 2.36. The van der Waals surface area contributed by atoms with Crippen LogP contribution in [-0.2, 0) is 6.18 Å². The van der Waals surface area contributed by atoms with Crippen LogP contribution in [0.25, 0.3) is 11.3 Å². The monoisotopic (exact) mass is 481 g/mol. The molecule has 0 saturated heterocycles. The number of halogens is 6. The SMILES string of the molecule is N#Cc1c(-c2ccccc2)nc(NN=Cc2ccc(C(F)(F)F)c(OCC(F)(F)F)c2)[nH]c1=O. The maximum Gasteiger partial charge on any atom is 0.422 e. The van der Waals surface area contributed by atoms with Gasteiger partial charge in [-0.3, -0.25) is 9.78 Å². The molecule has 2 N–H and O–H groups in total. The Morgan fingerprint density at radius 2 is 1.82 bits per heavy atom. The molecule has 0 fully saturated rings. The zero-order valence-corrected chi connectivity index (χ0v) is 16.8. The number of ether oxygens (including phenoxy) is 1. The summed E-state index contributed by atoms with van der Waals surface area (Å²) in [6.07, 6.45) is -8.78. The van der Waals surface area contributed by atoms with E-state index in [1.807, 2.05) is 0 Å². The number of hydrogen-bond donors (Lipinski definition) is 2. The molecule has 0 radical (unpaired) electrons. The Bertz CT molecular complexity index is 1290. The molecule has 0 spiro atoms. The summed E-state index contributed by atoms with van der Waals surface area (Å²) in [5.74, 6) is -1.20. The van der Waals surface area contributed by atoms with Crippen LogP contribution < -0.4 is 15.7 Å². The van der Waals surface area contributed by atoms with Crippen molar-refractivity contribution in [3.63, 3.8) is 0 Å². The van der Waals surface area contributed by atoms with E-state index in [0.29, 0.717) is 11.6 Å². The molecule has 0 saturated carbocycles. The fourth-order valence-electron chi connectivity index (χ4n) is 2.74. The van der Waals surface area contributed by atoms with E-state index < -0.39 is 35.8 Å². The first-order valence-electron chi connectivity index (χ1n) is 9.27. The van der Waals surface area contributed by atoms with E-state index >= 15 is 0 Å². The first-order chi connectivity index (χ1) is 16.0. The second-order valence-electron chi connectivity index (χ2n) is 6.64. The number of benzene rings is 2. The van der Waals surface area contributed by atoms with Gasteiger partial charge in [0.25, 0.3) is 5.56 Å². The Labute approximate surface area is 187 Å². The summed E-state index contributed by atoms with van der Waals surface area (Å²) >= 11 is 0. The van der Waals surface area contributed by atoms with Gasteiger partial charge in [-0.05, 0) is 17.7 Å². The first kappa shape index (κ1) is 24.3. The van der Waals surface area contributed by atoms with E-state index in [0.717, 1.165) is 18.3 Å². The van der Waals surface area contributed by atoms with E-state index in [-0.39, 0.29) is 22.8 Å². The first-order valence-corrected chi connectivity index (χ1v) is 9.27. The van der Waals surface area contributed by atoms with Gasteiger partial charge in [-0.25, -0.2) is 10.4 Å². The van der Waals surface area contributed by atoms with E-state index in [1.165, 1.54) is 0 Å². The van der Waals surface area contributed by atoms with Gasteiger partial charge in [0.2, 0.25) is 5.95 Å². The molecule has 0 aliphatic heterocycles. The number of nitrogens with one attached hydrogen (secondary N) is 2. The fourth-order valence-corrected chi connectivity index (χ4v) is 2.74. The smallest absolute Gasteiger partial charge is 0.422 e. The van der Waals surface area contributed by atoms with Crippen molar-refractivity contribution in [1.29, 1.82) is 5.26 Å². The number of rotatable bonds is 6. The third-order valence-electron chi connectivity index (χ3n) is 4.16. The summed E-state index contributed by atoms with van der Waals surface area (Å²) in [7, 11) is 0. The summed E-state index contributed by atoms with van der Waals surface area (Å²) in [6.45, 7) is -1.91. The van der Waals surface area contributed by atoms with Crippen LogP contribution in [0.5, 0.6) is 5.75 Å². The van der Waals surface area contributed by atoms with Gasteiger partial charge in [0.1, 0.15) is 17.4 Å². The number of aromatic amines is 1. The summed E-state index contributed by atoms with van der Waals surface area (Å²) in [5, 5.41) is 13.0. The Kier molecular flexibility index (Phi) is 6.90. The van der Waals surface area contributed by atoms with Crippen molar-refractivity contribution in [3.05, 3.63) is 75.6 Å². The van der Waals surface area contributed by atoms with Gasteiger partial charge in [0, 0.05) is 5.56 Å². The van der Waals surface area contributed by atoms with Crippen molar-refractivity contribution < 1.29 is 31.1 Å². The van der Waals surface area contributed by atoms with Crippen molar-refractivity contribution in [3.8, 4) is 23.1 Å². The molecule has 0 amide bonds. The lowest BCUT2D eigenvalue weighted by molar-refractivity contribution is -0.158. The molecule has 0 bridgehead atoms. The number of alkyl halides is 6. The van der Waals surface area contributed by atoms with Crippen LogP contribution in [0.15, 0.2) is 58.4 Å². The van der Waals surface area contributed by atoms with Gasteiger partial charge in [-0.15, -0.1) is 0 Å². The predicted molar refractivity (Wildman–Crippen MR) is 109 cm³/mol. The molecule has 7 nitrogen and oxygen atoms in total. The lowest BCUT2D eigenvalue weighted by Crippen LogP contribution is -2.21. The van der Waals surface area contributed by atoms with Crippen LogP contribution >= 0.6 is 0 Å². The summed E-state index contributed by atoms with van der Waals surface area (Å²) in [4.78, 5) is 18.6. The van der Waals surface area contributed by atoms with Crippen LogP contribution in [0.2, 0.25) is 0 Å². The van der Waals surface area contributed by atoms with Crippen molar-refractivity contribution in [2.75, 3.05) is 12.0 Å². The third-order valence-corrected chi connectivity index (χ3v) is 4.16. The highest BCUT2D eigenvalue weighted by molar-refractivity contribution is 5.81. The van der Waals surface area contributed by atoms with Crippen molar-refractivity contribution in [2.45, 2.75) is 12.4 Å². The van der Waals surface area contributed by atoms with Gasteiger partial charge in [0.15, 0.2) is 6.61 Å². The quantitative estimate of drug-likeness (QED) is 0.302. The standard InChI is InChI=1S/C21H13F6N5O2/c22-20(23,24)11-34-16-8-12(6-7-15(16)21(25,26)27)10-29-32-19-30-17(13-4-2-1-3-5-13)14(9-28)18(33)31-19/h1-8,10H,11H2,(H2,30,31,32,33). The van der Waals surface area contributed by atoms with E-state index in [9.17, 15) is 36.4 Å². The topological polar surface area (TPSA) is 103 Å². The van der Waals surface area contributed by atoms with Crippen LogP contribution in [-0.4, -0.2) is 29.0 Å². The summed E-state index contributed by atoms with van der Waals surface area (Å²) in [5.41, 5.74) is 0.504. The van der Waals surface area contributed by atoms with Crippen LogP contribution in [0.3, 0.4) is 0 Å². The number of nitriles is 1. The lowest BCUT2D eigenvalue weighted by atomic mass is 10.1. The van der Waals surface area contributed by atoms with Crippen molar-refractivity contribution >= 4 is 12.2 Å². The molecule has 0 atom stereocenters. The minimum atomic E-state index is -4.94. The third kappa shape index (κ3) is 6.12. The molecule has 34 heavy (non-hydrogen) atoms. The molecule has 176 valence electrons. The van der Waals surface area contributed by atoms with Gasteiger partial charge in [-0.2, -0.15) is 36.7 Å². The van der Waals surface area contributed by atoms with E-state index in [4.69, 9.17) is 0 Å². The number of hydrazone groups is 1. The van der Waals surface area contributed by atoms with Crippen molar-refractivity contribution in [2.24, 2.45) is 5.10 Å². The van der Waals surface area contributed by atoms with Gasteiger partial charge in [0.05, 0.1) is 17.5 Å². The lowest BCUT2D eigenvalue weighted by Gasteiger charge is -2.15. The van der Waals surface area contributed by atoms with Gasteiger partial charge in [-0.1, -0.05) is 36.4 Å². The van der Waals surface area contributed by atoms with Crippen LogP contribution in [0.4, 0.5) is 32.3 Å². The predicted octanol–water partition coefficient (Wildman–Crippen LogP) is 4.71. The highest BCUT2D eigenvalue weighted by Crippen LogP contribution is 2.37. The average molecular weight is 481 g/mol. The number of H-pyrrole nitrogens is 1. The Balaban J connectivity index is 1.87. The molecule has 0 aliphatic carbocycles. The van der Waals surface area contributed by atoms with Crippen LogP contribution in [0, 0.1) is 11.3 Å². The number of anilines is 1. The molecule has 3 rings (SSSR count). The normalized spacial score (nSPS) is 11.9. The Hall–Kier alpha value is -4.34. The minimum absolute atomic E-state index is 0.0306. The second-order valence-corrected chi connectivity index (χ2v) is 6.64. The summed E-state index contributed by atoms with van der Waals surface area (Å²) in [6, 6.07) is 12.4. The molecule has 0 aliphatic rings. The maximum absolute atomic E-state index is 13.1. The number of nitrogens with zero attached hydrogens (tertiary/aromatic N) is 3. The summed E-state index contributed by atoms with van der Waals surface area (Å²) < 4.78 is 80.8. The zero-order valence-electron chi connectivity index (χ0n) is 16.8. The largest absolute Gasteiger partial charge is 0.483 e. The Morgan fingerprint density at radius 1 is 1.12 bits per heavy atom. The number of aromatic nitrogens is 2. The van der Waals surface area contributed by atoms with Gasteiger partial charge < -0.3 is 4.74 Å². The number of hydrogen-bond acceptors (Lipinski definition) is 6. The van der Waals surface area contributed by atoms with Crippen molar-refractivity contribution in [1.82, 2.24) is 9.97 Å². The molecule has 0 unspecified atom stereocenters. The van der Waals surface area contributed by atoms with Crippen LogP contribution in [0.1, 0.15) is 16.7 Å². The van der Waals surface area contributed by atoms with E-state index in [1.54, 1.807) is 36.4 Å². The molecular weight excluding hydrogens is 468 g/mol. The average Bonchev–Trinajstić information content (AvgIpc) is 2.77. The second kappa shape index (κ2) is 9.65. The molecule has 2 aromatic carbocycles. The zero-order chi connectivity index (χ0) is 24.9.